The van der Waals surface area contributed by atoms with E-state index in [9.17, 15) is 0 Å². The number of rotatable bonds is 1. The van der Waals surface area contributed by atoms with Crippen molar-refractivity contribution in [1.29, 1.82) is 0 Å². The monoisotopic (exact) mass is 274 g/mol. The zero-order valence-electron chi connectivity index (χ0n) is 11.6. The Balaban J connectivity index is 1.72. The van der Waals surface area contributed by atoms with Gasteiger partial charge < -0.3 is 10.2 Å². The van der Waals surface area contributed by atoms with Gasteiger partial charge in [0.2, 0.25) is 0 Å². The van der Waals surface area contributed by atoms with Crippen LogP contribution >= 0.6 is 12.2 Å². The highest BCUT2D eigenvalue weighted by Gasteiger charge is 2.29. The van der Waals surface area contributed by atoms with Gasteiger partial charge in [0.25, 0.3) is 0 Å². The topological polar surface area (TPSA) is 15.3 Å². The fourth-order valence-electron chi connectivity index (χ4n) is 3.37. The first-order valence-corrected chi connectivity index (χ1v) is 7.84. The van der Waals surface area contributed by atoms with E-state index in [1.807, 2.05) is 0 Å². The van der Waals surface area contributed by atoms with Gasteiger partial charge in [0, 0.05) is 17.8 Å². The van der Waals surface area contributed by atoms with E-state index in [1.54, 1.807) is 0 Å². The second-order valence-electron chi connectivity index (χ2n) is 5.84. The van der Waals surface area contributed by atoms with Crippen LogP contribution in [0.5, 0.6) is 0 Å². The molecule has 1 aliphatic carbocycles. The number of hydrogen-bond donors (Lipinski definition) is 1. The van der Waals surface area contributed by atoms with Crippen LogP contribution in [0, 0.1) is 0 Å². The molecule has 1 aromatic rings. The molecule has 2 aliphatic rings. The first kappa shape index (κ1) is 12.9. The number of hydrogen-bond acceptors (Lipinski definition) is 1. The summed E-state index contributed by atoms with van der Waals surface area (Å²) < 4.78 is 0. The quantitative estimate of drug-likeness (QED) is 0.787. The van der Waals surface area contributed by atoms with Crippen LogP contribution in [0.1, 0.15) is 44.6 Å². The summed E-state index contributed by atoms with van der Waals surface area (Å²) in [5.41, 5.74) is 2.71. The van der Waals surface area contributed by atoms with Gasteiger partial charge in [-0.1, -0.05) is 37.5 Å². The molecular weight excluding hydrogens is 252 g/mol. The van der Waals surface area contributed by atoms with E-state index in [-0.39, 0.29) is 0 Å². The lowest BCUT2D eigenvalue weighted by Crippen LogP contribution is -2.47. The average Bonchev–Trinajstić information content (AvgIpc) is 2.75. The van der Waals surface area contributed by atoms with Crippen molar-refractivity contribution in [3.05, 3.63) is 29.8 Å². The highest BCUT2D eigenvalue weighted by Crippen LogP contribution is 2.32. The maximum absolute atomic E-state index is 5.66. The summed E-state index contributed by atoms with van der Waals surface area (Å²) in [6, 6.07) is 9.69. The average molecular weight is 274 g/mol. The van der Waals surface area contributed by atoms with Crippen molar-refractivity contribution < 1.29 is 0 Å². The smallest absolute Gasteiger partial charge is 0.173 e. The van der Waals surface area contributed by atoms with E-state index in [4.69, 9.17) is 12.2 Å². The molecule has 1 aromatic carbocycles. The van der Waals surface area contributed by atoms with Crippen LogP contribution in [0.3, 0.4) is 0 Å². The van der Waals surface area contributed by atoms with Gasteiger partial charge in [-0.25, -0.2) is 0 Å². The van der Waals surface area contributed by atoms with Crippen molar-refractivity contribution in [3.63, 3.8) is 0 Å². The fourth-order valence-corrected chi connectivity index (χ4v) is 3.81. The second kappa shape index (κ2) is 5.49. The fraction of sp³-hybridized carbons (Fsp3) is 0.562. The summed E-state index contributed by atoms with van der Waals surface area (Å²) in [6.45, 7) is 2.26. The molecule has 0 bridgehead atoms. The molecule has 1 atom stereocenters. The predicted octanol–water partition coefficient (Wildman–Crippen LogP) is 3.64. The normalized spacial score (nSPS) is 23.2. The molecule has 1 heterocycles. The van der Waals surface area contributed by atoms with Gasteiger partial charge in [-0.3, -0.25) is 0 Å². The Labute approximate surface area is 121 Å². The van der Waals surface area contributed by atoms with Gasteiger partial charge in [0.15, 0.2) is 5.11 Å². The Morgan fingerprint density at radius 1 is 1.21 bits per heavy atom. The van der Waals surface area contributed by atoms with Crippen molar-refractivity contribution in [2.75, 3.05) is 4.90 Å². The van der Waals surface area contributed by atoms with E-state index < -0.39 is 0 Å². The highest BCUT2D eigenvalue weighted by molar-refractivity contribution is 7.80. The van der Waals surface area contributed by atoms with Crippen molar-refractivity contribution in [2.24, 2.45) is 0 Å². The molecule has 0 unspecified atom stereocenters. The summed E-state index contributed by atoms with van der Waals surface area (Å²) >= 11 is 5.66. The van der Waals surface area contributed by atoms with Crippen molar-refractivity contribution in [1.82, 2.24) is 5.32 Å². The first-order valence-electron chi connectivity index (χ1n) is 7.43. The molecule has 102 valence electrons. The third-order valence-electron chi connectivity index (χ3n) is 4.36. The SMILES string of the molecule is C[C@H]1Cc2ccccc2N1C(=S)NC1CCCCC1. The van der Waals surface area contributed by atoms with Crippen LogP contribution in [0.15, 0.2) is 24.3 Å². The van der Waals surface area contributed by atoms with E-state index in [0.29, 0.717) is 12.1 Å². The van der Waals surface area contributed by atoms with Crippen LogP contribution in [0.25, 0.3) is 0 Å². The van der Waals surface area contributed by atoms with E-state index in [1.165, 1.54) is 43.4 Å². The molecule has 1 N–H and O–H groups in total. The van der Waals surface area contributed by atoms with E-state index in [0.717, 1.165) is 11.5 Å². The van der Waals surface area contributed by atoms with Gasteiger partial charge in [-0.2, -0.15) is 0 Å². The third-order valence-corrected chi connectivity index (χ3v) is 4.67. The highest BCUT2D eigenvalue weighted by atomic mass is 32.1. The van der Waals surface area contributed by atoms with Crippen molar-refractivity contribution in [2.45, 2.75) is 57.5 Å². The third kappa shape index (κ3) is 2.62. The molecule has 1 fully saturated rings. The minimum absolute atomic E-state index is 0.473. The minimum Gasteiger partial charge on any atom is -0.360 e. The summed E-state index contributed by atoms with van der Waals surface area (Å²) in [5, 5.41) is 4.51. The van der Waals surface area contributed by atoms with Crippen molar-refractivity contribution >= 4 is 23.0 Å². The molecule has 1 saturated carbocycles. The van der Waals surface area contributed by atoms with Gasteiger partial charge in [0.1, 0.15) is 0 Å². The standard InChI is InChI=1S/C16H22N2S/c1-12-11-13-7-5-6-10-15(13)18(12)16(19)17-14-8-3-2-4-9-14/h5-7,10,12,14H,2-4,8-9,11H2,1H3,(H,17,19)/t12-/m0/s1. The zero-order chi connectivity index (χ0) is 13.2. The molecular formula is C16H22N2S. The Kier molecular flexibility index (Phi) is 3.74. The number of para-hydroxylation sites is 1. The molecule has 0 aromatic heterocycles. The summed E-state index contributed by atoms with van der Waals surface area (Å²) in [4.78, 5) is 2.30. The zero-order valence-corrected chi connectivity index (χ0v) is 12.4. The molecule has 19 heavy (non-hydrogen) atoms. The molecule has 0 saturated heterocycles. The Morgan fingerprint density at radius 3 is 2.74 bits per heavy atom. The molecule has 1 aliphatic heterocycles. The molecule has 0 radical (unpaired) electrons. The van der Waals surface area contributed by atoms with Gasteiger partial charge in [-0.05, 0) is 50.0 Å². The van der Waals surface area contributed by atoms with Crippen LogP contribution in [-0.4, -0.2) is 17.2 Å². The Hall–Kier alpha value is -1.09. The summed E-state index contributed by atoms with van der Waals surface area (Å²) in [6.07, 6.45) is 7.70. The van der Waals surface area contributed by atoms with Gasteiger partial charge >= 0.3 is 0 Å². The number of thiocarbonyl (C=S) groups is 1. The summed E-state index contributed by atoms with van der Waals surface area (Å²) in [7, 11) is 0. The number of nitrogens with zero attached hydrogens (tertiary/aromatic N) is 1. The number of benzene rings is 1. The van der Waals surface area contributed by atoms with Gasteiger partial charge in [-0.15, -0.1) is 0 Å². The molecule has 3 heteroatoms. The number of nitrogens with one attached hydrogen (secondary N) is 1. The van der Waals surface area contributed by atoms with E-state index in [2.05, 4.69) is 41.4 Å². The largest absolute Gasteiger partial charge is 0.360 e. The molecule has 0 spiro atoms. The van der Waals surface area contributed by atoms with Crippen molar-refractivity contribution in [3.8, 4) is 0 Å². The van der Waals surface area contributed by atoms with Crippen LogP contribution in [0.4, 0.5) is 5.69 Å². The van der Waals surface area contributed by atoms with Crippen LogP contribution in [-0.2, 0) is 6.42 Å². The Morgan fingerprint density at radius 2 is 1.95 bits per heavy atom. The maximum atomic E-state index is 5.66. The predicted molar refractivity (Wildman–Crippen MR) is 84.7 cm³/mol. The Bertz CT molecular complexity index is 466. The molecule has 2 nitrogen and oxygen atoms in total. The van der Waals surface area contributed by atoms with E-state index >= 15 is 0 Å². The first-order chi connectivity index (χ1) is 9.25. The maximum Gasteiger partial charge on any atom is 0.173 e. The van der Waals surface area contributed by atoms with Gasteiger partial charge in [0.05, 0.1) is 0 Å². The molecule has 0 amide bonds. The lowest BCUT2D eigenvalue weighted by molar-refractivity contribution is 0.413. The summed E-state index contributed by atoms with van der Waals surface area (Å²) in [5.74, 6) is 0. The lowest BCUT2D eigenvalue weighted by atomic mass is 9.96. The van der Waals surface area contributed by atoms with Crippen LogP contribution in [0.2, 0.25) is 0 Å². The number of anilines is 1. The molecule has 3 rings (SSSR count). The van der Waals surface area contributed by atoms with Crippen LogP contribution < -0.4 is 10.2 Å². The lowest BCUT2D eigenvalue weighted by Gasteiger charge is -2.31. The second-order valence-corrected chi connectivity index (χ2v) is 6.22. The minimum atomic E-state index is 0.473. The number of fused-ring (bicyclic) bond motifs is 1.